The highest BCUT2D eigenvalue weighted by molar-refractivity contribution is 6.32. The van der Waals surface area contributed by atoms with E-state index in [0.29, 0.717) is 11.0 Å². The van der Waals surface area contributed by atoms with Crippen LogP contribution in [-0.2, 0) is 0 Å². The lowest BCUT2D eigenvalue weighted by Gasteiger charge is -2.14. The summed E-state index contributed by atoms with van der Waals surface area (Å²) in [6.07, 6.45) is 0. The molecule has 3 nitrogen and oxygen atoms in total. The van der Waals surface area contributed by atoms with Crippen molar-refractivity contribution in [1.82, 2.24) is 9.97 Å². The zero-order valence-corrected chi connectivity index (χ0v) is 10.7. The van der Waals surface area contributed by atoms with Gasteiger partial charge in [-0.15, -0.1) is 0 Å². The van der Waals surface area contributed by atoms with E-state index in [0.717, 1.165) is 0 Å². The fraction of sp³-hybridized carbons (Fsp3) is 0.167. The maximum Gasteiger partial charge on any atom is 0.225 e. The SMILES string of the molecule is CC(Nc1cc(Cl)nc(Cl)n1)c1ccccc1. The second-order valence-electron chi connectivity index (χ2n) is 3.62. The van der Waals surface area contributed by atoms with Gasteiger partial charge >= 0.3 is 0 Å². The van der Waals surface area contributed by atoms with Crippen molar-refractivity contribution in [2.75, 3.05) is 5.32 Å². The molecule has 1 N–H and O–H groups in total. The zero-order valence-electron chi connectivity index (χ0n) is 9.19. The predicted octanol–water partition coefficient (Wildman–Crippen LogP) is 3.96. The Bertz CT molecular complexity index is 482. The summed E-state index contributed by atoms with van der Waals surface area (Å²) in [6, 6.07) is 11.8. The summed E-state index contributed by atoms with van der Waals surface area (Å²) in [4.78, 5) is 7.85. The van der Waals surface area contributed by atoms with Crippen LogP contribution in [0.25, 0.3) is 0 Å². The highest BCUT2D eigenvalue weighted by Crippen LogP contribution is 2.20. The first-order valence-corrected chi connectivity index (χ1v) is 5.92. The molecule has 1 aromatic heterocycles. The third kappa shape index (κ3) is 3.32. The zero-order chi connectivity index (χ0) is 12.3. The number of hydrogen-bond donors (Lipinski definition) is 1. The van der Waals surface area contributed by atoms with Gasteiger partial charge in [-0.3, -0.25) is 0 Å². The van der Waals surface area contributed by atoms with Gasteiger partial charge in [0.25, 0.3) is 0 Å². The second-order valence-corrected chi connectivity index (χ2v) is 4.35. The van der Waals surface area contributed by atoms with E-state index in [1.54, 1.807) is 6.07 Å². The van der Waals surface area contributed by atoms with Gasteiger partial charge in [0.1, 0.15) is 11.0 Å². The number of benzene rings is 1. The molecule has 0 aliphatic carbocycles. The van der Waals surface area contributed by atoms with Crippen molar-refractivity contribution in [2.45, 2.75) is 13.0 Å². The van der Waals surface area contributed by atoms with Crippen molar-refractivity contribution >= 4 is 29.0 Å². The van der Waals surface area contributed by atoms with Crippen LogP contribution < -0.4 is 5.32 Å². The van der Waals surface area contributed by atoms with Gasteiger partial charge in [0.2, 0.25) is 5.28 Å². The van der Waals surface area contributed by atoms with Crippen molar-refractivity contribution in [3.05, 3.63) is 52.4 Å². The molecule has 0 saturated carbocycles. The Morgan fingerprint density at radius 2 is 1.82 bits per heavy atom. The Morgan fingerprint density at radius 3 is 2.47 bits per heavy atom. The Hall–Kier alpha value is -1.32. The van der Waals surface area contributed by atoms with E-state index < -0.39 is 0 Å². The molecule has 1 atom stereocenters. The van der Waals surface area contributed by atoms with Crippen molar-refractivity contribution in [3.63, 3.8) is 0 Å². The highest BCUT2D eigenvalue weighted by atomic mass is 35.5. The molecule has 1 unspecified atom stereocenters. The fourth-order valence-corrected chi connectivity index (χ4v) is 1.92. The van der Waals surface area contributed by atoms with Crippen LogP contribution in [0.2, 0.25) is 10.4 Å². The van der Waals surface area contributed by atoms with E-state index in [1.165, 1.54) is 5.56 Å². The minimum atomic E-state index is 0.123. The minimum Gasteiger partial charge on any atom is -0.363 e. The molecule has 0 radical (unpaired) electrons. The van der Waals surface area contributed by atoms with Gasteiger partial charge in [0, 0.05) is 12.1 Å². The van der Waals surface area contributed by atoms with E-state index >= 15 is 0 Å². The fourth-order valence-electron chi connectivity index (χ4n) is 1.51. The summed E-state index contributed by atoms with van der Waals surface area (Å²) in [7, 11) is 0. The maximum absolute atomic E-state index is 5.80. The van der Waals surface area contributed by atoms with Crippen LogP contribution in [0.5, 0.6) is 0 Å². The molecule has 0 aliphatic heterocycles. The van der Waals surface area contributed by atoms with Crippen LogP contribution in [0.4, 0.5) is 5.82 Å². The molecule has 0 saturated heterocycles. The van der Waals surface area contributed by atoms with Gasteiger partial charge in [-0.05, 0) is 24.1 Å². The van der Waals surface area contributed by atoms with Gasteiger partial charge in [-0.1, -0.05) is 41.9 Å². The normalized spacial score (nSPS) is 12.2. The maximum atomic E-state index is 5.80. The molecule has 88 valence electrons. The topological polar surface area (TPSA) is 37.8 Å². The first kappa shape index (κ1) is 12.1. The molecule has 0 aliphatic rings. The average Bonchev–Trinajstić information content (AvgIpc) is 2.28. The smallest absolute Gasteiger partial charge is 0.225 e. The predicted molar refractivity (Wildman–Crippen MR) is 70.5 cm³/mol. The summed E-state index contributed by atoms with van der Waals surface area (Å²) in [5, 5.41) is 3.69. The molecule has 5 heteroatoms. The van der Waals surface area contributed by atoms with E-state index in [-0.39, 0.29) is 11.3 Å². The van der Waals surface area contributed by atoms with Gasteiger partial charge in [0.05, 0.1) is 0 Å². The molecule has 0 fully saturated rings. The first-order valence-electron chi connectivity index (χ1n) is 5.17. The van der Waals surface area contributed by atoms with Crippen molar-refractivity contribution in [3.8, 4) is 0 Å². The van der Waals surface area contributed by atoms with E-state index in [1.807, 2.05) is 37.3 Å². The molecule has 2 rings (SSSR count). The van der Waals surface area contributed by atoms with Crippen LogP contribution in [0.3, 0.4) is 0 Å². The van der Waals surface area contributed by atoms with Gasteiger partial charge in [-0.25, -0.2) is 9.97 Å². The monoisotopic (exact) mass is 267 g/mol. The first-order chi connectivity index (χ1) is 8.15. The third-order valence-corrected chi connectivity index (χ3v) is 2.69. The van der Waals surface area contributed by atoms with Crippen LogP contribution in [0.15, 0.2) is 36.4 Å². The van der Waals surface area contributed by atoms with Crippen LogP contribution in [0.1, 0.15) is 18.5 Å². The average molecular weight is 268 g/mol. The molecule has 0 spiro atoms. The Labute approximate surface area is 110 Å². The van der Waals surface area contributed by atoms with E-state index in [9.17, 15) is 0 Å². The minimum absolute atomic E-state index is 0.123. The quantitative estimate of drug-likeness (QED) is 0.676. The number of nitrogens with one attached hydrogen (secondary N) is 1. The van der Waals surface area contributed by atoms with E-state index in [2.05, 4.69) is 15.3 Å². The summed E-state index contributed by atoms with van der Waals surface area (Å²) in [5.41, 5.74) is 1.17. The molecule has 0 bridgehead atoms. The molecule has 17 heavy (non-hydrogen) atoms. The van der Waals surface area contributed by atoms with Crippen LogP contribution in [-0.4, -0.2) is 9.97 Å². The molecular formula is C12H11Cl2N3. The number of hydrogen-bond acceptors (Lipinski definition) is 3. The Balaban J connectivity index is 2.16. The number of aromatic nitrogens is 2. The second kappa shape index (κ2) is 5.34. The van der Waals surface area contributed by atoms with Crippen molar-refractivity contribution < 1.29 is 0 Å². The summed E-state index contributed by atoms with van der Waals surface area (Å²) < 4.78 is 0. The summed E-state index contributed by atoms with van der Waals surface area (Å²) in [6.45, 7) is 2.04. The van der Waals surface area contributed by atoms with Gasteiger partial charge < -0.3 is 5.32 Å². The van der Waals surface area contributed by atoms with Gasteiger partial charge in [-0.2, -0.15) is 0 Å². The van der Waals surface area contributed by atoms with E-state index in [4.69, 9.17) is 23.2 Å². The molecular weight excluding hydrogens is 257 g/mol. The third-order valence-electron chi connectivity index (χ3n) is 2.33. The lowest BCUT2D eigenvalue weighted by Crippen LogP contribution is -2.08. The van der Waals surface area contributed by atoms with Gasteiger partial charge in [0.15, 0.2) is 0 Å². The lowest BCUT2D eigenvalue weighted by molar-refractivity contribution is 0.872. The number of halogens is 2. The number of anilines is 1. The van der Waals surface area contributed by atoms with Crippen molar-refractivity contribution in [2.24, 2.45) is 0 Å². The number of rotatable bonds is 3. The highest BCUT2D eigenvalue weighted by Gasteiger charge is 2.07. The molecule has 1 aromatic carbocycles. The Kier molecular flexibility index (Phi) is 3.82. The van der Waals surface area contributed by atoms with Crippen LogP contribution in [0, 0.1) is 0 Å². The van der Waals surface area contributed by atoms with Crippen molar-refractivity contribution in [1.29, 1.82) is 0 Å². The summed E-state index contributed by atoms with van der Waals surface area (Å²) >= 11 is 11.5. The largest absolute Gasteiger partial charge is 0.363 e. The molecule has 2 aromatic rings. The number of nitrogens with zero attached hydrogens (tertiary/aromatic N) is 2. The van der Waals surface area contributed by atoms with Crippen LogP contribution >= 0.6 is 23.2 Å². The molecule has 0 amide bonds. The molecule has 1 heterocycles. The lowest BCUT2D eigenvalue weighted by atomic mass is 10.1. The standard InChI is InChI=1S/C12H11Cl2N3/c1-8(9-5-3-2-4-6-9)15-11-7-10(13)16-12(14)17-11/h2-8H,1H3,(H,15,16,17). The summed E-state index contributed by atoms with van der Waals surface area (Å²) in [5.74, 6) is 0.617. The Morgan fingerprint density at radius 1 is 1.12 bits per heavy atom.